The highest BCUT2D eigenvalue weighted by atomic mass is 19.1. The highest BCUT2D eigenvalue weighted by molar-refractivity contribution is 5.94. The highest BCUT2D eigenvalue weighted by Gasteiger charge is 2.17. The fraction of sp³-hybridized carbons (Fsp3) is 0.200. The van der Waals surface area contributed by atoms with Gasteiger partial charge in [0.25, 0.3) is 5.91 Å². The predicted molar refractivity (Wildman–Crippen MR) is 60.8 cm³/mol. The molecule has 1 aromatic heterocycles. The molecule has 19 heavy (non-hydrogen) atoms. The molecule has 1 aromatic carbocycles. The summed E-state index contributed by atoms with van der Waals surface area (Å²) >= 11 is 0. The van der Waals surface area contributed by atoms with E-state index >= 15 is 0 Å². The van der Waals surface area contributed by atoms with Gasteiger partial charge in [-0.05, 0) is 19.1 Å². The van der Waals surface area contributed by atoms with E-state index in [2.05, 4.69) is 25.9 Å². The number of hydrogen-bond donors (Lipinski definition) is 3. The van der Waals surface area contributed by atoms with Crippen LogP contribution in [0, 0.1) is 11.6 Å². The molecule has 0 radical (unpaired) electrons. The molecule has 0 aliphatic heterocycles. The molecule has 0 spiro atoms. The number of carbonyl (C=O) groups is 1. The fourth-order valence-corrected chi connectivity index (χ4v) is 1.41. The van der Waals surface area contributed by atoms with Crippen molar-refractivity contribution < 1.29 is 13.6 Å². The van der Waals surface area contributed by atoms with Crippen LogP contribution in [-0.4, -0.2) is 26.5 Å². The molecule has 0 aliphatic rings. The summed E-state index contributed by atoms with van der Waals surface area (Å²) in [5, 5.41) is 15.4. The second-order valence-corrected chi connectivity index (χ2v) is 3.82. The average molecular weight is 268 g/mol. The number of aromatic amines is 1. The van der Waals surface area contributed by atoms with Crippen LogP contribution in [0.2, 0.25) is 0 Å². The zero-order chi connectivity index (χ0) is 14.0. The summed E-state index contributed by atoms with van der Waals surface area (Å²) < 4.78 is 26.5. The number of H-pyrrole nitrogens is 1. The Balaban J connectivity index is 2.16. The van der Waals surface area contributed by atoms with Crippen molar-refractivity contribution in [3.05, 3.63) is 35.2 Å². The number of amides is 1. The molecule has 9 heteroatoms. The summed E-state index contributed by atoms with van der Waals surface area (Å²) in [4.78, 5) is 11.8. The summed E-state index contributed by atoms with van der Waals surface area (Å²) in [6.45, 7) is 1.60. The van der Waals surface area contributed by atoms with Gasteiger partial charge in [0.15, 0.2) is 5.82 Å². The molecular weight excluding hydrogens is 258 g/mol. The van der Waals surface area contributed by atoms with Gasteiger partial charge in [-0.3, -0.25) is 4.79 Å². The normalized spacial score (nSPS) is 12.2. The molecule has 1 amide bonds. The molecule has 7 nitrogen and oxygen atoms in total. The molecule has 2 rings (SSSR count). The summed E-state index contributed by atoms with van der Waals surface area (Å²) in [6, 6.07) is 1.16. The van der Waals surface area contributed by atoms with Gasteiger partial charge in [-0.1, -0.05) is 5.21 Å². The van der Waals surface area contributed by atoms with Crippen LogP contribution in [0.5, 0.6) is 0 Å². The number of rotatable bonds is 3. The third kappa shape index (κ3) is 2.64. The van der Waals surface area contributed by atoms with Crippen molar-refractivity contribution in [3.8, 4) is 0 Å². The summed E-state index contributed by atoms with van der Waals surface area (Å²) in [5.74, 6) is -2.39. The van der Waals surface area contributed by atoms with Crippen LogP contribution in [0.15, 0.2) is 12.1 Å². The Labute approximate surface area is 106 Å². The lowest BCUT2D eigenvalue weighted by atomic mass is 10.1. The Kier molecular flexibility index (Phi) is 3.36. The van der Waals surface area contributed by atoms with Crippen LogP contribution in [0.4, 0.5) is 14.5 Å². The Morgan fingerprint density at radius 2 is 2.05 bits per heavy atom. The van der Waals surface area contributed by atoms with Gasteiger partial charge in [-0.2, -0.15) is 5.21 Å². The number of aromatic nitrogens is 4. The fourth-order valence-electron chi connectivity index (χ4n) is 1.41. The predicted octanol–water partition coefficient (Wildman–Crippen LogP) is 0.551. The standard InChI is InChI=1S/C10H10F2N6O/c1-4(9-15-17-18-16-9)14-10(19)5-2-6(11)8(13)7(12)3-5/h2-4H,13H2,1H3,(H,14,19)(H,15,16,17,18). The topological polar surface area (TPSA) is 110 Å². The first-order valence-corrected chi connectivity index (χ1v) is 5.27. The first kappa shape index (κ1) is 12.9. The van der Waals surface area contributed by atoms with E-state index in [1.807, 2.05) is 0 Å². The number of nitrogen functional groups attached to an aromatic ring is 1. The van der Waals surface area contributed by atoms with Gasteiger partial charge in [0, 0.05) is 5.56 Å². The average Bonchev–Trinajstić information content (AvgIpc) is 2.89. The molecule has 4 N–H and O–H groups in total. The van der Waals surface area contributed by atoms with E-state index < -0.39 is 29.3 Å². The van der Waals surface area contributed by atoms with Crippen LogP contribution >= 0.6 is 0 Å². The first-order chi connectivity index (χ1) is 8.99. The summed E-state index contributed by atoms with van der Waals surface area (Å²) in [5.41, 5.74) is 4.31. The number of tetrazole rings is 1. The Morgan fingerprint density at radius 3 is 2.58 bits per heavy atom. The lowest BCUT2D eigenvalue weighted by molar-refractivity contribution is 0.0937. The van der Waals surface area contributed by atoms with E-state index in [0.717, 1.165) is 12.1 Å². The van der Waals surface area contributed by atoms with Crippen molar-refractivity contribution in [1.29, 1.82) is 0 Å². The second kappa shape index (κ2) is 4.96. The molecule has 0 saturated heterocycles. The van der Waals surface area contributed by atoms with E-state index in [1.54, 1.807) is 6.92 Å². The van der Waals surface area contributed by atoms with Crippen molar-refractivity contribution in [2.45, 2.75) is 13.0 Å². The molecular formula is C10H10F2N6O. The molecule has 0 aliphatic carbocycles. The molecule has 100 valence electrons. The van der Waals surface area contributed by atoms with Crippen molar-refractivity contribution in [2.24, 2.45) is 0 Å². The maximum Gasteiger partial charge on any atom is 0.252 e. The van der Waals surface area contributed by atoms with Gasteiger partial charge in [0.1, 0.15) is 17.3 Å². The van der Waals surface area contributed by atoms with Gasteiger partial charge < -0.3 is 11.1 Å². The SMILES string of the molecule is CC(NC(=O)c1cc(F)c(N)c(F)c1)c1nn[nH]n1. The lowest BCUT2D eigenvalue weighted by Gasteiger charge is -2.10. The Hall–Kier alpha value is -2.58. The maximum absolute atomic E-state index is 13.2. The van der Waals surface area contributed by atoms with E-state index in [9.17, 15) is 13.6 Å². The van der Waals surface area contributed by atoms with E-state index in [-0.39, 0.29) is 11.4 Å². The minimum atomic E-state index is -0.989. The molecule has 0 saturated carbocycles. The number of nitrogens with zero attached hydrogens (tertiary/aromatic N) is 3. The maximum atomic E-state index is 13.2. The van der Waals surface area contributed by atoms with Crippen LogP contribution in [-0.2, 0) is 0 Å². The van der Waals surface area contributed by atoms with Gasteiger partial charge in [-0.25, -0.2) is 8.78 Å². The van der Waals surface area contributed by atoms with Crippen LogP contribution in [0.3, 0.4) is 0 Å². The minimum Gasteiger partial charge on any atom is -0.394 e. The van der Waals surface area contributed by atoms with Gasteiger partial charge in [0.05, 0.1) is 6.04 Å². The quantitative estimate of drug-likeness (QED) is 0.704. The second-order valence-electron chi connectivity index (χ2n) is 3.82. The summed E-state index contributed by atoms with van der Waals surface area (Å²) in [6.07, 6.45) is 0. The van der Waals surface area contributed by atoms with Gasteiger partial charge >= 0.3 is 0 Å². The van der Waals surface area contributed by atoms with Crippen molar-refractivity contribution in [1.82, 2.24) is 25.9 Å². The van der Waals surface area contributed by atoms with Crippen LogP contribution in [0.1, 0.15) is 29.1 Å². The van der Waals surface area contributed by atoms with Crippen molar-refractivity contribution >= 4 is 11.6 Å². The number of nitrogens with one attached hydrogen (secondary N) is 2. The number of nitrogens with two attached hydrogens (primary N) is 1. The molecule has 1 unspecified atom stereocenters. The minimum absolute atomic E-state index is 0.181. The summed E-state index contributed by atoms with van der Waals surface area (Å²) in [7, 11) is 0. The molecule has 0 bridgehead atoms. The van der Waals surface area contributed by atoms with Gasteiger partial charge in [0.2, 0.25) is 0 Å². The number of carbonyl (C=O) groups excluding carboxylic acids is 1. The highest BCUT2D eigenvalue weighted by Crippen LogP contribution is 2.17. The van der Waals surface area contributed by atoms with Crippen molar-refractivity contribution in [3.63, 3.8) is 0 Å². The van der Waals surface area contributed by atoms with Gasteiger partial charge in [-0.15, -0.1) is 10.2 Å². The van der Waals surface area contributed by atoms with Crippen LogP contribution in [0.25, 0.3) is 0 Å². The van der Waals surface area contributed by atoms with E-state index in [0.29, 0.717) is 0 Å². The third-order valence-corrected chi connectivity index (χ3v) is 2.44. The zero-order valence-corrected chi connectivity index (χ0v) is 9.82. The number of anilines is 1. The molecule has 2 aromatic rings. The van der Waals surface area contributed by atoms with E-state index in [1.165, 1.54) is 0 Å². The Morgan fingerprint density at radius 1 is 1.42 bits per heavy atom. The molecule has 1 heterocycles. The third-order valence-electron chi connectivity index (χ3n) is 2.44. The number of benzene rings is 1. The lowest BCUT2D eigenvalue weighted by Crippen LogP contribution is -2.27. The number of halogens is 2. The Bertz CT molecular complexity index is 577. The molecule has 1 atom stereocenters. The monoisotopic (exact) mass is 268 g/mol. The largest absolute Gasteiger partial charge is 0.394 e. The smallest absolute Gasteiger partial charge is 0.252 e. The number of hydrogen-bond acceptors (Lipinski definition) is 5. The van der Waals surface area contributed by atoms with E-state index in [4.69, 9.17) is 5.73 Å². The molecule has 0 fully saturated rings. The zero-order valence-electron chi connectivity index (χ0n) is 9.82. The van der Waals surface area contributed by atoms with Crippen LogP contribution < -0.4 is 11.1 Å². The van der Waals surface area contributed by atoms with Crippen molar-refractivity contribution in [2.75, 3.05) is 5.73 Å². The first-order valence-electron chi connectivity index (χ1n) is 5.27.